The van der Waals surface area contributed by atoms with Crippen LogP contribution in [0.15, 0.2) is 11.6 Å². The lowest BCUT2D eigenvalue weighted by atomic mass is 9.82. The molecular formula is C17H31NO. The quantitative estimate of drug-likeness (QED) is 0.778. The van der Waals surface area contributed by atoms with E-state index in [0.717, 1.165) is 25.7 Å². The van der Waals surface area contributed by atoms with E-state index in [9.17, 15) is 0 Å². The van der Waals surface area contributed by atoms with Crippen LogP contribution in [0.25, 0.3) is 0 Å². The monoisotopic (exact) mass is 265 g/mol. The van der Waals surface area contributed by atoms with E-state index in [1.807, 2.05) is 0 Å². The van der Waals surface area contributed by atoms with Crippen LogP contribution in [0, 0.1) is 11.8 Å². The number of ether oxygens (including phenoxy) is 1. The summed E-state index contributed by atoms with van der Waals surface area (Å²) in [7, 11) is 0. The molecule has 0 aromatic carbocycles. The fourth-order valence-electron chi connectivity index (χ4n) is 3.17. The third-order valence-electron chi connectivity index (χ3n) is 4.37. The van der Waals surface area contributed by atoms with E-state index in [1.165, 1.54) is 38.5 Å². The summed E-state index contributed by atoms with van der Waals surface area (Å²) in [6.07, 6.45) is 10.8. The first kappa shape index (κ1) is 15.1. The van der Waals surface area contributed by atoms with Crippen molar-refractivity contribution in [2.45, 2.75) is 64.8 Å². The van der Waals surface area contributed by atoms with Crippen molar-refractivity contribution < 1.29 is 4.74 Å². The van der Waals surface area contributed by atoms with E-state index in [-0.39, 0.29) is 5.54 Å². The van der Waals surface area contributed by atoms with Crippen LogP contribution in [0.3, 0.4) is 0 Å². The third-order valence-corrected chi connectivity index (χ3v) is 4.37. The van der Waals surface area contributed by atoms with E-state index < -0.39 is 0 Å². The van der Waals surface area contributed by atoms with Crippen LogP contribution in [0.4, 0.5) is 0 Å². The van der Waals surface area contributed by atoms with Crippen molar-refractivity contribution in [1.82, 2.24) is 5.32 Å². The van der Waals surface area contributed by atoms with Crippen molar-refractivity contribution in [2.75, 3.05) is 19.8 Å². The molecule has 1 atom stereocenters. The molecule has 19 heavy (non-hydrogen) atoms. The molecule has 0 aromatic rings. The van der Waals surface area contributed by atoms with Crippen molar-refractivity contribution in [3.63, 3.8) is 0 Å². The van der Waals surface area contributed by atoms with Gasteiger partial charge in [0.15, 0.2) is 0 Å². The molecule has 2 nitrogen and oxygen atoms in total. The molecule has 0 amide bonds. The molecule has 1 unspecified atom stereocenters. The van der Waals surface area contributed by atoms with E-state index in [1.54, 1.807) is 5.57 Å². The van der Waals surface area contributed by atoms with Gasteiger partial charge in [0.05, 0.1) is 6.61 Å². The highest BCUT2D eigenvalue weighted by Gasteiger charge is 2.22. The molecule has 0 radical (unpaired) electrons. The fourth-order valence-corrected chi connectivity index (χ4v) is 3.17. The predicted octanol–water partition coefficient (Wildman–Crippen LogP) is 3.92. The van der Waals surface area contributed by atoms with Crippen molar-refractivity contribution in [3.8, 4) is 0 Å². The van der Waals surface area contributed by atoms with E-state index in [0.29, 0.717) is 5.92 Å². The first-order chi connectivity index (χ1) is 9.04. The van der Waals surface area contributed by atoms with Crippen LogP contribution >= 0.6 is 0 Å². The van der Waals surface area contributed by atoms with Gasteiger partial charge in [-0.15, -0.1) is 0 Å². The molecule has 0 aromatic heterocycles. The average molecular weight is 265 g/mol. The second-order valence-corrected chi connectivity index (χ2v) is 7.30. The van der Waals surface area contributed by atoms with Crippen LogP contribution in [-0.2, 0) is 4.74 Å². The minimum absolute atomic E-state index is 0.208. The van der Waals surface area contributed by atoms with Gasteiger partial charge in [0.1, 0.15) is 0 Å². The Balaban J connectivity index is 1.98. The molecule has 1 aliphatic heterocycles. The minimum Gasteiger partial charge on any atom is -0.381 e. The SMILES string of the molecule is CC(C)(C)NCC(=CC1CCOC1)C1CCCCC1. The van der Waals surface area contributed by atoms with Gasteiger partial charge >= 0.3 is 0 Å². The smallest absolute Gasteiger partial charge is 0.0529 e. The molecule has 1 heterocycles. The van der Waals surface area contributed by atoms with Crippen molar-refractivity contribution in [3.05, 3.63) is 11.6 Å². The molecule has 2 aliphatic rings. The standard InChI is InChI=1S/C17H31NO/c1-17(2,3)18-12-16(11-14-9-10-19-13-14)15-7-5-4-6-8-15/h11,14-15,18H,4-10,12-13H2,1-3H3. The van der Waals surface area contributed by atoms with Gasteiger partial charge in [0, 0.05) is 24.6 Å². The van der Waals surface area contributed by atoms with Gasteiger partial charge in [-0.05, 0) is 46.0 Å². The Labute approximate surface area is 119 Å². The van der Waals surface area contributed by atoms with Gasteiger partial charge < -0.3 is 10.1 Å². The molecule has 0 bridgehead atoms. The lowest BCUT2D eigenvalue weighted by molar-refractivity contribution is 0.191. The van der Waals surface area contributed by atoms with Crippen LogP contribution in [0.1, 0.15) is 59.3 Å². The molecule has 2 heteroatoms. The normalized spacial score (nSPS) is 26.9. The summed E-state index contributed by atoms with van der Waals surface area (Å²) in [5.41, 5.74) is 1.87. The number of hydrogen-bond donors (Lipinski definition) is 1. The van der Waals surface area contributed by atoms with Gasteiger partial charge in [0.2, 0.25) is 0 Å². The first-order valence-electron chi connectivity index (χ1n) is 8.08. The van der Waals surface area contributed by atoms with Gasteiger partial charge in [0.25, 0.3) is 0 Å². The molecule has 1 saturated heterocycles. The Morgan fingerprint density at radius 3 is 2.47 bits per heavy atom. The zero-order valence-corrected chi connectivity index (χ0v) is 13.0. The molecule has 110 valence electrons. The summed E-state index contributed by atoms with van der Waals surface area (Å²) < 4.78 is 5.53. The van der Waals surface area contributed by atoms with E-state index in [4.69, 9.17) is 4.74 Å². The Hall–Kier alpha value is -0.340. The Bertz CT molecular complexity index is 291. The largest absolute Gasteiger partial charge is 0.381 e. The fraction of sp³-hybridized carbons (Fsp3) is 0.882. The molecule has 0 spiro atoms. The van der Waals surface area contributed by atoms with Gasteiger partial charge in [-0.3, -0.25) is 0 Å². The van der Waals surface area contributed by atoms with Crippen LogP contribution in [0.5, 0.6) is 0 Å². The van der Waals surface area contributed by atoms with E-state index >= 15 is 0 Å². The highest BCUT2D eigenvalue weighted by Crippen LogP contribution is 2.31. The summed E-state index contributed by atoms with van der Waals surface area (Å²) >= 11 is 0. The van der Waals surface area contributed by atoms with Crippen molar-refractivity contribution >= 4 is 0 Å². The summed E-state index contributed by atoms with van der Waals surface area (Å²) in [6.45, 7) is 9.71. The third kappa shape index (κ3) is 5.27. The maximum Gasteiger partial charge on any atom is 0.0529 e. The van der Waals surface area contributed by atoms with Gasteiger partial charge in [-0.2, -0.15) is 0 Å². The lowest BCUT2D eigenvalue weighted by Gasteiger charge is -2.29. The predicted molar refractivity (Wildman–Crippen MR) is 81.3 cm³/mol. The van der Waals surface area contributed by atoms with Crippen LogP contribution in [0.2, 0.25) is 0 Å². The topological polar surface area (TPSA) is 21.3 Å². The van der Waals surface area contributed by atoms with Crippen LogP contribution in [-0.4, -0.2) is 25.3 Å². The summed E-state index contributed by atoms with van der Waals surface area (Å²) in [6, 6.07) is 0. The van der Waals surface area contributed by atoms with Gasteiger partial charge in [-0.25, -0.2) is 0 Å². The minimum atomic E-state index is 0.208. The number of nitrogens with one attached hydrogen (secondary N) is 1. The molecule has 1 N–H and O–H groups in total. The molecular weight excluding hydrogens is 234 g/mol. The molecule has 1 aliphatic carbocycles. The average Bonchev–Trinajstić information content (AvgIpc) is 2.87. The number of rotatable bonds is 4. The Morgan fingerprint density at radius 1 is 1.16 bits per heavy atom. The Morgan fingerprint density at radius 2 is 1.89 bits per heavy atom. The van der Waals surface area contributed by atoms with Crippen molar-refractivity contribution in [1.29, 1.82) is 0 Å². The molecule has 2 rings (SSSR count). The second-order valence-electron chi connectivity index (χ2n) is 7.30. The van der Waals surface area contributed by atoms with E-state index in [2.05, 4.69) is 32.2 Å². The first-order valence-corrected chi connectivity index (χ1v) is 8.08. The summed E-state index contributed by atoms with van der Waals surface area (Å²) in [4.78, 5) is 0. The highest BCUT2D eigenvalue weighted by molar-refractivity contribution is 5.13. The molecule has 2 fully saturated rings. The second kappa shape index (κ2) is 6.90. The highest BCUT2D eigenvalue weighted by atomic mass is 16.5. The van der Waals surface area contributed by atoms with Gasteiger partial charge in [-0.1, -0.05) is 30.9 Å². The zero-order chi connectivity index (χ0) is 13.7. The maximum absolute atomic E-state index is 5.53. The number of hydrogen-bond acceptors (Lipinski definition) is 2. The summed E-state index contributed by atoms with van der Waals surface area (Å²) in [5, 5.41) is 3.68. The zero-order valence-electron chi connectivity index (χ0n) is 13.0. The summed E-state index contributed by atoms with van der Waals surface area (Å²) in [5.74, 6) is 1.49. The lowest BCUT2D eigenvalue weighted by Crippen LogP contribution is -2.38. The van der Waals surface area contributed by atoms with Crippen LogP contribution < -0.4 is 5.32 Å². The van der Waals surface area contributed by atoms with Crippen molar-refractivity contribution in [2.24, 2.45) is 11.8 Å². The Kier molecular flexibility index (Phi) is 5.47. The molecule has 1 saturated carbocycles. The maximum atomic E-state index is 5.53.